The molecule has 2 aromatic heterocycles. The average Bonchev–Trinajstić information content (AvgIpc) is 2.52. The number of pyridine rings is 2. The van der Waals surface area contributed by atoms with E-state index in [-0.39, 0.29) is 0 Å². The van der Waals surface area contributed by atoms with Crippen LogP contribution in [0.2, 0.25) is 0 Å². The molecule has 20 heavy (non-hydrogen) atoms. The Kier molecular flexibility index (Phi) is 4.69. The predicted octanol–water partition coefficient (Wildman–Crippen LogP) is 3.03. The fourth-order valence-corrected chi connectivity index (χ4v) is 1.46. The Bertz CT molecular complexity index is 649. The van der Waals surface area contributed by atoms with Crippen molar-refractivity contribution in [2.24, 2.45) is 0 Å². The molecule has 2 aromatic rings. The van der Waals surface area contributed by atoms with Crippen molar-refractivity contribution in [2.45, 2.75) is 0 Å². The molecule has 0 aliphatic rings. The molecule has 0 bridgehead atoms. The molecule has 0 N–H and O–H groups in total. The van der Waals surface area contributed by atoms with Crippen LogP contribution in [0.25, 0.3) is 0 Å². The minimum absolute atomic E-state index is 0.721. The molecular formula is C17H15N3. The first-order chi connectivity index (χ1) is 9.75. The summed E-state index contributed by atoms with van der Waals surface area (Å²) in [5.74, 6) is 6.80. The number of hydrogen-bond donors (Lipinski definition) is 0. The fraction of sp³-hybridized carbons (Fsp3) is 0.0588. The standard InChI is InChI=1S/C17H15N3/c1-15(9-10-16-7-3-5-12-18-16)11-14-20(2)17-8-4-6-13-19-17/h3-8,11-14H,1H2,2H3/b14-11-. The van der Waals surface area contributed by atoms with Crippen molar-refractivity contribution in [1.82, 2.24) is 9.97 Å². The zero-order chi connectivity index (χ0) is 14.2. The van der Waals surface area contributed by atoms with Crippen molar-refractivity contribution < 1.29 is 0 Å². The lowest BCUT2D eigenvalue weighted by Crippen LogP contribution is -2.09. The Balaban J connectivity index is 1.98. The van der Waals surface area contributed by atoms with E-state index in [2.05, 4.69) is 28.4 Å². The van der Waals surface area contributed by atoms with Crippen LogP contribution in [0.4, 0.5) is 5.82 Å². The van der Waals surface area contributed by atoms with Gasteiger partial charge in [0, 0.05) is 31.2 Å². The van der Waals surface area contributed by atoms with Crippen LogP contribution in [0.5, 0.6) is 0 Å². The predicted molar refractivity (Wildman–Crippen MR) is 82.0 cm³/mol. The first-order valence-electron chi connectivity index (χ1n) is 6.20. The molecule has 0 spiro atoms. The molecule has 0 fully saturated rings. The molecule has 0 aromatic carbocycles. The Morgan fingerprint density at radius 1 is 1.15 bits per heavy atom. The number of anilines is 1. The maximum absolute atomic E-state index is 4.25. The van der Waals surface area contributed by atoms with Gasteiger partial charge in [-0.15, -0.1) is 0 Å². The van der Waals surface area contributed by atoms with Gasteiger partial charge < -0.3 is 4.90 Å². The van der Waals surface area contributed by atoms with Gasteiger partial charge in [-0.3, -0.25) is 0 Å². The van der Waals surface area contributed by atoms with Gasteiger partial charge in [-0.1, -0.05) is 24.6 Å². The zero-order valence-corrected chi connectivity index (χ0v) is 11.3. The van der Waals surface area contributed by atoms with E-state index in [1.165, 1.54) is 0 Å². The lowest BCUT2D eigenvalue weighted by Gasteiger charge is -2.11. The monoisotopic (exact) mass is 261 g/mol. The van der Waals surface area contributed by atoms with E-state index in [1.807, 2.05) is 60.6 Å². The van der Waals surface area contributed by atoms with Crippen molar-refractivity contribution in [2.75, 3.05) is 11.9 Å². The van der Waals surface area contributed by atoms with E-state index in [0.29, 0.717) is 0 Å². The summed E-state index contributed by atoms with van der Waals surface area (Å²) in [6.45, 7) is 3.90. The van der Waals surface area contributed by atoms with Crippen LogP contribution in [0.1, 0.15) is 5.69 Å². The summed E-state index contributed by atoms with van der Waals surface area (Å²) in [5, 5.41) is 0. The van der Waals surface area contributed by atoms with E-state index in [1.54, 1.807) is 12.4 Å². The molecule has 0 unspecified atom stereocenters. The minimum atomic E-state index is 0.721. The van der Waals surface area contributed by atoms with Gasteiger partial charge in [0.05, 0.1) is 0 Å². The van der Waals surface area contributed by atoms with Crippen molar-refractivity contribution in [3.8, 4) is 11.8 Å². The average molecular weight is 261 g/mol. The van der Waals surface area contributed by atoms with Gasteiger partial charge >= 0.3 is 0 Å². The Labute approximate surface area is 119 Å². The number of hydrogen-bond acceptors (Lipinski definition) is 3. The summed E-state index contributed by atoms with van der Waals surface area (Å²) < 4.78 is 0. The molecule has 0 radical (unpaired) electrons. The molecule has 0 amide bonds. The lowest BCUT2D eigenvalue weighted by atomic mass is 10.2. The molecule has 3 nitrogen and oxygen atoms in total. The van der Waals surface area contributed by atoms with Crippen LogP contribution in [0.15, 0.2) is 73.2 Å². The largest absolute Gasteiger partial charge is 0.336 e. The van der Waals surface area contributed by atoms with E-state index in [9.17, 15) is 0 Å². The summed E-state index contributed by atoms with van der Waals surface area (Å²) in [6, 6.07) is 11.4. The van der Waals surface area contributed by atoms with Gasteiger partial charge in [0.2, 0.25) is 0 Å². The molecule has 0 atom stereocenters. The summed E-state index contributed by atoms with van der Waals surface area (Å²) in [5.41, 5.74) is 1.46. The fourth-order valence-electron chi connectivity index (χ4n) is 1.46. The van der Waals surface area contributed by atoms with Crippen molar-refractivity contribution in [3.05, 3.63) is 78.9 Å². The van der Waals surface area contributed by atoms with Gasteiger partial charge in [-0.25, -0.2) is 9.97 Å². The molecule has 0 aliphatic heterocycles. The molecule has 3 heteroatoms. The lowest BCUT2D eigenvalue weighted by molar-refractivity contribution is 1.12. The first-order valence-corrected chi connectivity index (χ1v) is 6.20. The third kappa shape index (κ3) is 4.11. The van der Waals surface area contributed by atoms with E-state index in [0.717, 1.165) is 17.1 Å². The van der Waals surface area contributed by atoms with Crippen molar-refractivity contribution >= 4 is 5.82 Å². The maximum Gasteiger partial charge on any atom is 0.132 e. The van der Waals surface area contributed by atoms with Gasteiger partial charge in [-0.05, 0) is 36.3 Å². The SMILES string of the molecule is C=C(C#Cc1ccccn1)/C=C\N(C)c1ccccn1. The topological polar surface area (TPSA) is 29.0 Å². The summed E-state index contributed by atoms with van der Waals surface area (Å²) >= 11 is 0. The van der Waals surface area contributed by atoms with Gasteiger partial charge in [-0.2, -0.15) is 0 Å². The molecule has 0 aliphatic carbocycles. The summed E-state index contributed by atoms with van der Waals surface area (Å²) in [4.78, 5) is 10.3. The smallest absolute Gasteiger partial charge is 0.132 e. The van der Waals surface area contributed by atoms with Crippen LogP contribution in [0.3, 0.4) is 0 Å². The second kappa shape index (κ2) is 6.91. The second-order valence-corrected chi connectivity index (χ2v) is 4.10. The van der Waals surface area contributed by atoms with Gasteiger partial charge in [0.1, 0.15) is 11.5 Å². The number of nitrogens with zero attached hydrogens (tertiary/aromatic N) is 3. The maximum atomic E-state index is 4.25. The minimum Gasteiger partial charge on any atom is -0.336 e. The van der Waals surface area contributed by atoms with Crippen molar-refractivity contribution in [3.63, 3.8) is 0 Å². The van der Waals surface area contributed by atoms with Crippen LogP contribution < -0.4 is 4.90 Å². The van der Waals surface area contributed by atoms with Crippen LogP contribution in [0, 0.1) is 11.8 Å². The molecule has 2 rings (SSSR count). The highest BCUT2D eigenvalue weighted by Crippen LogP contribution is 2.07. The van der Waals surface area contributed by atoms with E-state index < -0.39 is 0 Å². The highest BCUT2D eigenvalue weighted by atomic mass is 15.1. The molecular weight excluding hydrogens is 246 g/mol. The van der Waals surface area contributed by atoms with Crippen molar-refractivity contribution in [1.29, 1.82) is 0 Å². The first kappa shape index (κ1) is 13.6. The normalized spacial score (nSPS) is 9.85. The zero-order valence-electron chi connectivity index (χ0n) is 11.3. The van der Waals surface area contributed by atoms with Crippen LogP contribution in [-0.2, 0) is 0 Å². The number of rotatable bonds is 3. The van der Waals surface area contributed by atoms with Gasteiger partial charge in [0.25, 0.3) is 0 Å². The molecule has 2 heterocycles. The van der Waals surface area contributed by atoms with E-state index >= 15 is 0 Å². The van der Waals surface area contributed by atoms with Crippen LogP contribution in [-0.4, -0.2) is 17.0 Å². The molecule has 0 saturated heterocycles. The number of allylic oxidation sites excluding steroid dienone is 2. The second-order valence-electron chi connectivity index (χ2n) is 4.10. The Hall–Kier alpha value is -2.86. The number of aromatic nitrogens is 2. The van der Waals surface area contributed by atoms with Crippen LogP contribution >= 0.6 is 0 Å². The highest BCUT2D eigenvalue weighted by molar-refractivity contribution is 5.45. The Morgan fingerprint density at radius 3 is 2.55 bits per heavy atom. The Morgan fingerprint density at radius 2 is 1.90 bits per heavy atom. The molecule has 98 valence electrons. The van der Waals surface area contributed by atoms with E-state index in [4.69, 9.17) is 0 Å². The van der Waals surface area contributed by atoms with Gasteiger partial charge in [0.15, 0.2) is 0 Å². The highest BCUT2D eigenvalue weighted by Gasteiger charge is 1.95. The summed E-state index contributed by atoms with van der Waals surface area (Å²) in [6.07, 6.45) is 7.22. The third-order valence-electron chi connectivity index (χ3n) is 2.53. The third-order valence-corrected chi connectivity index (χ3v) is 2.53. The quantitative estimate of drug-likeness (QED) is 0.628. The molecule has 0 saturated carbocycles. The summed E-state index contributed by atoms with van der Waals surface area (Å²) in [7, 11) is 1.93.